The zero-order valence-electron chi connectivity index (χ0n) is 24.7. The summed E-state index contributed by atoms with van der Waals surface area (Å²) < 4.78 is 38.6. The predicted molar refractivity (Wildman–Crippen MR) is 160 cm³/mol. The van der Waals surface area contributed by atoms with E-state index in [2.05, 4.69) is 5.32 Å². The smallest absolute Gasteiger partial charge is 0.408 e. The van der Waals surface area contributed by atoms with Gasteiger partial charge in [0.15, 0.2) is 0 Å². The molecule has 0 saturated heterocycles. The van der Waals surface area contributed by atoms with Crippen LogP contribution in [0.1, 0.15) is 63.5 Å². The molecule has 0 spiro atoms. The highest BCUT2D eigenvalue weighted by atomic mass is 31.2. The number of hydrogen-bond acceptors (Lipinski definition) is 7. The van der Waals surface area contributed by atoms with Crippen LogP contribution in [0.4, 0.5) is 4.79 Å². The van der Waals surface area contributed by atoms with Crippen molar-refractivity contribution in [2.45, 2.75) is 77.0 Å². The van der Waals surface area contributed by atoms with E-state index in [0.717, 1.165) is 30.4 Å². The highest BCUT2D eigenvalue weighted by Crippen LogP contribution is 2.64. The Kier molecular flexibility index (Phi) is 10.1. The van der Waals surface area contributed by atoms with Crippen LogP contribution < -0.4 is 5.32 Å². The zero-order chi connectivity index (χ0) is 29.6. The number of carbonyl (C=O) groups excluding carboxylic acids is 2. The van der Waals surface area contributed by atoms with Crippen LogP contribution in [0.15, 0.2) is 60.7 Å². The van der Waals surface area contributed by atoms with Gasteiger partial charge in [0.2, 0.25) is 7.37 Å². The minimum atomic E-state index is -3.65. The second kappa shape index (κ2) is 13.7. The number of rotatable bonds is 14. The minimum Gasteiger partial charge on any atom is -0.466 e. The largest absolute Gasteiger partial charge is 0.466 e. The van der Waals surface area contributed by atoms with Crippen molar-refractivity contribution in [3.05, 3.63) is 71.8 Å². The standard InChI is InChI=1S/C33H44NO7P/c1-3-39-31(35)30(22-38-20-25-10-6-4-7-11-25)23-42(37,24(2)34-32(36)40-21-26-12-8-5-9-13-26)41-33-17-27-14-28(18-33)16-29(15-27)19-33/h4-13,24,27-30H,3,14-23H2,1-2H3,(H,34,36). The number of benzene rings is 2. The van der Waals surface area contributed by atoms with Crippen LogP contribution in [0.5, 0.6) is 0 Å². The van der Waals surface area contributed by atoms with Gasteiger partial charge in [-0.05, 0) is 81.3 Å². The average molecular weight is 598 g/mol. The van der Waals surface area contributed by atoms with E-state index in [1.54, 1.807) is 13.8 Å². The number of nitrogens with one attached hydrogen (secondary N) is 1. The molecule has 2 aromatic carbocycles. The molecule has 4 saturated carbocycles. The fraction of sp³-hybridized carbons (Fsp3) is 0.576. The normalized spacial score (nSPS) is 27.0. The summed E-state index contributed by atoms with van der Waals surface area (Å²) in [6.07, 6.45) is 5.52. The predicted octanol–water partition coefficient (Wildman–Crippen LogP) is 6.92. The van der Waals surface area contributed by atoms with Gasteiger partial charge in [-0.2, -0.15) is 0 Å². The van der Waals surface area contributed by atoms with Gasteiger partial charge in [0.1, 0.15) is 12.4 Å². The number of hydrogen-bond donors (Lipinski definition) is 1. The van der Waals surface area contributed by atoms with E-state index in [1.807, 2.05) is 60.7 Å². The first-order valence-electron chi connectivity index (χ1n) is 15.3. The molecule has 4 fully saturated rings. The SMILES string of the molecule is CCOC(=O)C(COCc1ccccc1)CP(=O)(OC12CC3CC(CC(C3)C1)C2)C(C)NC(=O)OCc1ccccc1. The van der Waals surface area contributed by atoms with Crippen LogP contribution in [0, 0.1) is 23.7 Å². The van der Waals surface area contributed by atoms with E-state index < -0.39 is 36.7 Å². The highest BCUT2D eigenvalue weighted by molar-refractivity contribution is 7.59. The van der Waals surface area contributed by atoms with E-state index in [4.69, 9.17) is 18.7 Å². The van der Waals surface area contributed by atoms with Crippen LogP contribution in [0.3, 0.4) is 0 Å². The second-order valence-electron chi connectivity index (χ2n) is 12.4. The Hall–Kier alpha value is -2.67. The summed E-state index contributed by atoms with van der Waals surface area (Å²) in [6, 6.07) is 19.1. The summed E-state index contributed by atoms with van der Waals surface area (Å²) in [5.74, 6) is -0.395. The lowest BCUT2D eigenvalue weighted by Crippen LogP contribution is -2.52. The van der Waals surface area contributed by atoms with Crippen molar-refractivity contribution in [2.75, 3.05) is 19.4 Å². The van der Waals surface area contributed by atoms with Gasteiger partial charge >= 0.3 is 12.1 Å². The molecule has 228 valence electrons. The quantitative estimate of drug-likeness (QED) is 0.186. The molecule has 3 unspecified atom stereocenters. The fourth-order valence-corrected chi connectivity index (χ4v) is 10.0. The van der Waals surface area contributed by atoms with Crippen molar-refractivity contribution in [1.29, 1.82) is 0 Å². The average Bonchev–Trinajstić information content (AvgIpc) is 2.96. The van der Waals surface area contributed by atoms with Gasteiger partial charge < -0.3 is 24.1 Å². The van der Waals surface area contributed by atoms with Gasteiger partial charge in [0.05, 0.1) is 31.3 Å². The number of esters is 1. The molecule has 0 radical (unpaired) electrons. The third-order valence-electron chi connectivity index (χ3n) is 8.99. The van der Waals surface area contributed by atoms with Crippen LogP contribution >= 0.6 is 7.37 Å². The molecule has 2 aromatic rings. The molecule has 4 aliphatic rings. The summed E-state index contributed by atoms with van der Waals surface area (Å²) in [7, 11) is -3.65. The molecule has 4 aliphatic carbocycles. The lowest BCUT2D eigenvalue weighted by atomic mass is 9.54. The molecule has 0 aliphatic heterocycles. The maximum Gasteiger partial charge on any atom is 0.408 e. The Morgan fingerprint density at radius 2 is 1.43 bits per heavy atom. The number of carbonyl (C=O) groups is 2. The van der Waals surface area contributed by atoms with Crippen LogP contribution in [0.2, 0.25) is 0 Å². The summed E-state index contributed by atoms with van der Waals surface area (Å²) in [5, 5.41) is 2.79. The number of alkyl carbamates (subject to hydrolysis) is 1. The fourth-order valence-electron chi connectivity index (χ4n) is 7.43. The Labute approximate surface area is 249 Å². The Morgan fingerprint density at radius 3 is 1.98 bits per heavy atom. The topological polar surface area (TPSA) is 100 Å². The highest BCUT2D eigenvalue weighted by Gasteiger charge is 2.55. The molecule has 1 N–H and O–H groups in total. The Balaban J connectivity index is 1.32. The van der Waals surface area contributed by atoms with Gasteiger partial charge in [-0.1, -0.05) is 60.7 Å². The first kappa shape index (κ1) is 30.8. The Morgan fingerprint density at radius 1 is 0.881 bits per heavy atom. The molecule has 3 atom stereocenters. The minimum absolute atomic E-state index is 0.0348. The molecular weight excluding hydrogens is 553 g/mol. The number of ether oxygens (including phenoxy) is 3. The van der Waals surface area contributed by atoms with Crippen molar-refractivity contribution in [1.82, 2.24) is 5.32 Å². The Bertz CT molecular complexity index is 1200. The van der Waals surface area contributed by atoms with Gasteiger partial charge in [-0.3, -0.25) is 9.36 Å². The van der Waals surface area contributed by atoms with E-state index in [1.165, 1.54) is 19.3 Å². The summed E-state index contributed by atoms with van der Waals surface area (Å²) >= 11 is 0. The van der Waals surface area contributed by atoms with Crippen molar-refractivity contribution in [2.24, 2.45) is 23.7 Å². The lowest BCUT2D eigenvalue weighted by Gasteiger charge is -2.57. The molecule has 4 bridgehead atoms. The summed E-state index contributed by atoms with van der Waals surface area (Å²) in [6.45, 7) is 4.09. The van der Waals surface area contributed by atoms with Crippen molar-refractivity contribution < 1.29 is 32.9 Å². The first-order chi connectivity index (χ1) is 20.3. The first-order valence-corrected chi connectivity index (χ1v) is 17.2. The van der Waals surface area contributed by atoms with E-state index in [0.29, 0.717) is 24.4 Å². The van der Waals surface area contributed by atoms with Gasteiger partial charge in [0.25, 0.3) is 0 Å². The third kappa shape index (κ3) is 7.83. The van der Waals surface area contributed by atoms with Crippen LogP contribution in [-0.4, -0.2) is 42.8 Å². The van der Waals surface area contributed by atoms with Gasteiger partial charge in [-0.15, -0.1) is 0 Å². The molecule has 0 aromatic heterocycles. The van der Waals surface area contributed by atoms with Crippen LogP contribution in [-0.2, 0) is 41.3 Å². The summed E-state index contributed by atoms with van der Waals surface area (Å²) in [5.41, 5.74) is 1.34. The van der Waals surface area contributed by atoms with Crippen LogP contribution in [0.25, 0.3) is 0 Å². The molecular formula is C33H44NO7P. The van der Waals surface area contributed by atoms with E-state index >= 15 is 4.57 Å². The van der Waals surface area contributed by atoms with E-state index in [-0.39, 0.29) is 26.0 Å². The maximum absolute atomic E-state index is 15.0. The van der Waals surface area contributed by atoms with Crippen molar-refractivity contribution >= 4 is 19.4 Å². The number of amides is 1. The molecule has 1 amide bonds. The van der Waals surface area contributed by atoms with E-state index in [9.17, 15) is 9.59 Å². The van der Waals surface area contributed by atoms with Gasteiger partial charge in [-0.25, -0.2) is 4.79 Å². The summed E-state index contributed by atoms with van der Waals surface area (Å²) in [4.78, 5) is 26.0. The van der Waals surface area contributed by atoms with Gasteiger partial charge in [0, 0.05) is 6.16 Å². The maximum atomic E-state index is 15.0. The lowest BCUT2D eigenvalue weighted by molar-refractivity contribution is -0.149. The molecule has 6 rings (SSSR count). The monoisotopic (exact) mass is 597 g/mol. The molecule has 9 heteroatoms. The second-order valence-corrected chi connectivity index (χ2v) is 15.2. The molecule has 8 nitrogen and oxygen atoms in total. The van der Waals surface area contributed by atoms with Crippen molar-refractivity contribution in [3.63, 3.8) is 0 Å². The van der Waals surface area contributed by atoms with Crippen molar-refractivity contribution in [3.8, 4) is 0 Å². The zero-order valence-corrected chi connectivity index (χ0v) is 25.6. The molecule has 42 heavy (non-hydrogen) atoms. The molecule has 0 heterocycles. The third-order valence-corrected chi connectivity index (χ3v) is 11.9.